The van der Waals surface area contributed by atoms with Crippen LogP contribution >= 0.6 is 0 Å². The standard InChI is InChI=1S/C32H63N3O12/c1-5-6-7-30(24-36)35-31(38)25-47-28-32(3,26-45-22-20-43-18-16-41-14-12-39-10-8-33-4)27-46-23-21-44-19-17-42-15-13-40-11-9-34-29(2)37/h24,30,33H,5-23,25-28H2,1-4H3,(H,34,37)(H,35,38). The van der Waals surface area contributed by atoms with E-state index in [2.05, 4.69) is 16.0 Å². The summed E-state index contributed by atoms with van der Waals surface area (Å²) in [5.74, 6) is -0.420. The third-order valence-corrected chi connectivity index (χ3v) is 6.31. The van der Waals surface area contributed by atoms with Crippen LogP contribution < -0.4 is 16.0 Å². The molecule has 0 aliphatic rings. The van der Waals surface area contributed by atoms with Gasteiger partial charge >= 0.3 is 0 Å². The van der Waals surface area contributed by atoms with Crippen molar-refractivity contribution in [3.63, 3.8) is 0 Å². The monoisotopic (exact) mass is 681 g/mol. The van der Waals surface area contributed by atoms with Gasteiger partial charge in [-0.2, -0.15) is 0 Å². The van der Waals surface area contributed by atoms with Gasteiger partial charge in [0.15, 0.2) is 0 Å². The van der Waals surface area contributed by atoms with Gasteiger partial charge in [0.05, 0.1) is 118 Å². The number of carbonyl (C=O) groups excluding carboxylic acids is 3. The SMILES string of the molecule is CCCCC(C=O)NC(=O)COCC(C)(COCCOCCOCCOCCNC)COCCOCCOCCOCCNC(C)=O. The van der Waals surface area contributed by atoms with Crippen molar-refractivity contribution in [2.24, 2.45) is 5.41 Å². The number of ether oxygens (including phenoxy) is 9. The van der Waals surface area contributed by atoms with Crippen LogP contribution in [-0.2, 0) is 57.0 Å². The average molecular weight is 682 g/mol. The molecule has 0 saturated carbocycles. The zero-order chi connectivity index (χ0) is 34.7. The molecule has 2 amide bonds. The highest BCUT2D eigenvalue weighted by Gasteiger charge is 2.26. The third kappa shape index (κ3) is 32.5. The van der Waals surface area contributed by atoms with Gasteiger partial charge < -0.3 is 63.4 Å². The number of aldehydes is 1. The van der Waals surface area contributed by atoms with Gasteiger partial charge in [-0.05, 0) is 13.5 Å². The van der Waals surface area contributed by atoms with Gasteiger partial charge in [0.25, 0.3) is 0 Å². The summed E-state index contributed by atoms with van der Waals surface area (Å²) in [4.78, 5) is 34.4. The van der Waals surface area contributed by atoms with Crippen LogP contribution in [0.15, 0.2) is 0 Å². The number of hydrogen-bond donors (Lipinski definition) is 3. The van der Waals surface area contributed by atoms with E-state index in [0.717, 1.165) is 25.7 Å². The molecule has 2 unspecified atom stereocenters. The number of rotatable bonds is 37. The molecule has 0 aromatic heterocycles. The molecule has 0 bridgehead atoms. The Morgan fingerprint density at radius 3 is 1.51 bits per heavy atom. The van der Waals surface area contributed by atoms with E-state index in [1.54, 1.807) is 0 Å². The highest BCUT2D eigenvalue weighted by atomic mass is 16.6. The first-order chi connectivity index (χ1) is 22.9. The molecule has 0 aliphatic heterocycles. The first-order valence-corrected chi connectivity index (χ1v) is 16.7. The van der Waals surface area contributed by atoms with Crippen LogP contribution in [0.4, 0.5) is 0 Å². The third-order valence-electron chi connectivity index (χ3n) is 6.31. The van der Waals surface area contributed by atoms with Gasteiger partial charge in [0.1, 0.15) is 12.9 Å². The number of carbonyl (C=O) groups is 3. The van der Waals surface area contributed by atoms with Gasteiger partial charge in [-0.15, -0.1) is 0 Å². The Morgan fingerprint density at radius 2 is 1.09 bits per heavy atom. The quantitative estimate of drug-likeness (QED) is 0.0608. The van der Waals surface area contributed by atoms with E-state index in [0.29, 0.717) is 119 Å². The Kier molecular flexibility index (Phi) is 32.8. The molecular weight excluding hydrogens is 618 g/mol. The molecule has 0 aliphatic carbocycles. The largest absolute Gasteiger partial charge is 0.378 e. The summed E-state index contributed by atoms with van der Waals surface area (Å²) in [6.07, 6.45) is 3.16. The normalized spacial score (nSPS) is 13.3. The lowest BCUT2D eigenvalue weighted by atomic mass is 9.94. The average Bonchev–Trinajstić information content (AvgIpc) is 3.05. The Balaban J connectivity index is 4.27. The zero-order valence-corrected chi connectivity index (χ0v) is 29.3. The molecule has 0 rings (SSSR count). The summed E-state index contributed by atoms with van der Waals surface area (Å²) >= 11 is 0. The van der Waals surface area contributed by atoms with E-state index in [1.807, 2.05) is 20.9 Å². The van der Waals surface area contributed by atoms with Gasteiger partial charge in [0.2, 0.25) is 11.8 Å². The Morgan fingerprint density at radius 1 is 0.660 bits per heavy atom. The van der Waals surface area contributed by atoms with Gasteiger partial charge in [-0.1, -0.05) is 26.7 Å². The first kappa shape index (κ1) is 45.2. The Bertz CT molecular complexity index is 737. The molecule has 278 valence electrons. The van der Waals surface area contributed by atoms with Gasteiger partial charge in [0, 0.05) is 25.4 Å². The molecule has 0 aromatic rings. The summed E-state index contributed by atoms with van der Waals surface area (Å²) in [6.45, 7) is 13.8. The molecule has 0 heterocycles. The molecule has 0 fully saturated rings. The second-order valence-corrected chi connectivity index (χ2v) is 11.1. The van der Waals surface area contributed by atoms with Crippen LogP contribution in [0, 0.1) is 5.41 Å². The van der Waals surface area contributed by atoms with E-state index in [9.17, 15) is 14.4 Å². The molecule has 0 aromatic carbocycles. The van der Waals surface area contributed by atoms with Gasteiger partial charge in [-0.25, -0.2) is 0 Å². The van der Waals surface area contributed by atoms with E-state index in [4.69, 9.17) is 42.6 Å². The number of nitrogens with one attached hydrogen (secondary N) is 3. The first-order valence-electron chi connectivity index (χ1n) is 16.7. The van der Waals surface area contributed by atoms with Crippen molar-refractivity contribution in [1.29, 1.82) is 0 Å². The molecule has 0 spiro atoms. The number of unbranched alkanes of at least 4 members (excludes halogenated alkanes) is 1. The van der Waals surface area contributed by atoms with Crippen molar-refractivity contribution in [2.45, 2.75) is 46.1 Å². The molecule has 15 heteroatoms. The molecule has 0 saturated heterocycles. The maximum Gasteiger partial charge on any atom is 0.246 e. The van der Waals surface area contributed by atoms with E-state index in [-0.39, 0.29) is 25.0 Å². The maximum atomic E-state index is 12.3. The molecule has 3 N–H and O–H groups in total. The fourth-order valence-electron chi connectivity index (χ4n) is 3.79. The minimum absolute atomic E-state index is 0.0819. The Labute approximate surface area is 281 Å². The smallest absolute Gasteiger partial charge is 0.246 e. The van der Waals surface area contributed by atoms with E-state index < -0.39 is 11.5 Å². The van der Waals surface area contributed by atoms with Crippen LogP contribution in [0.1, 0.15) is 40.0 Å². The predicted octanol–water partition coefficient (Wildman–Crippen LogP) is 0.372. The van der Waals surface area contributed by atoms with Crippen molar-refractivity contribution >= 4 is 18.1 Å². The predicted molar refractivity (Wildman–Crippen MR) is 176 cm³/mol. The minimum Gasteiger partial charge on any atom is -0.378 e. The fraction of sp³-hybridized carbons (Fsp3) is 0.906. The van der Waals surface area contributed by atoms with Crippen LogP contribution in [0.25, 0.3) is 0 Å². The van der Waals surface area contributed by atoms with Crippen molar-refractivity contribution in [1.82, 2.24) is 16.0 Å². The number of hydrogen-bond acceptors (Lipinski definition) is 13. The highest BCUT2D eigenvalue weighted by Crippen LogP contribution is 2.18. The zero-order valence-electron chi connectivity index (χ0n) is 29.3. The summed E-state index contributed by atoms with van der Waals surface area (Å²) in [5.41, 5.74) is -0.536. The second kappa shape index (κ2) is 34.1. The summed E-state index contributed by atoms with van der Waals surface area (Å²) < 4.78 is 50.3. The topological polar surface area (TPSA) is 170 Å². The maximum absolute atomic E-state index is 12.3. The van der Waals surface area contributed by atoms with Crippen molar-refractivity contribution in [2.75, 3.05) is 139 Å². The fourth-order valence-corrected chi connectivity index (χ4v) is 3.79. The molecule has 0 radical (unpaired) electrons. The second-order valence-electron chi connectivity index (χ2n) is 11.1. The summed E-state index contributed by atoms with van der Waals surface area (Å²) in [7, 11) is 1.88. The lowest BCUT2D eigenvalue weighted by Crippen LogP contribution is -2.40. The van der Waals surface area contributed by atoms with Crippen molar-refractivity contribution in [3.05, 3.63) is 0 Å². The lowest BCUT2D eigenvalue weighted by Gasteiger charge is -2.29. The van der Waals surface area contributed by atoms with Crippen LogP contribution in [0.5, 0.6) is 0 Å². The molecule has 2 atom stereocenters. The minimum atomic E-state index is -0.536. The number of likely N-dealkylation sites (N-methyl/N-ethyl adjacent to an activating group) is 1. The van der Waals surface area contributed by atoms with E-state index in [1.165, 1.54) is 6.92 Å². The lowest BCUT2D eigenvalue weighted by molar-refractivity contribution is -0.131. The van der Waals surface area contributed by atoms with Crippen LogP contribution in [-0.4, -0.2) is 163 Å². The van der Waals surface area contributed by atoms with Crippen molar-refractivity contribution < 1.29 is 57.0 Å². The van der Waals surface area contributed by atoms with Crippen molar-refractivity contribution in [3.8, 4) is 0 Å². The molecule has 47 heavy (non-hydrogen) atoms. The van der Waals surface area contributed by atoms with Gasteiger partial charge in [-0.3, -0.25) is 9.59 Å². The number of amides is 2. The highest BCUT2D eigenvalue weighted by molar-refractivity contribution is 5.80. The summed E-state index contributed by atoms with van der Waals surface area (Å²) in [5, 5.41) is 8.38. The Hall–Kier alpha value is -1.79. The van der Waals surface area contributed by atoms with E-state index >= 15 is 0 Å². The molecular formula is C32H63N3O12. The van der Waals surface area contributed by atoms with Crippen LogP contribution in [0.2, 0.25) is 0 Å². The van der Waals surface area contributed by atoms with Crippen LogP contribution in [0.3, 0.4) is 0 Å². The summed E-state index contributed by atoms with van der Waals surface area (Å²) in [6, 6.07) is -0.508. The molecule has 15 nitrogen and oxygen atoms in total.